The maximum Gasteiger partial charge on any atom is 0.153 e. The molecule has 0 saturated heterocycles. The van der Waals surface area contributed by atoms with Gasteiger partial charge in [-0.15, -0.1) is 0 Å². The number of hydrogen-bond donors (Lipinski definition) is 1. The molecule has 2 N–H and O–H groups in total. The molecule has 1 aliphatic rings. The van der Waals surface area contributed by atoms with Crippen molar-refractivity contribution in [3.05, 3.63) is 72.3 Å². The lowest BCUT2D eigenvalue weighted by molar-refractivity contribution is 0.193. The van der Waals surface area contributed by atoms with Crippen LogP contribution in [-0.2, 0) is 0 Å². The van der Waals surface area contributed by atoms with E-state index in [9.17, 15) is 0 Å². The second-order valence-corrected chi connectivity index (χ2v) is 9.89. The second kappa shape index (κ2) is 8.43. The van der Waals surface area contributed by atoms with Crippen LogP contribution in [0.4, 0.5) is 5.82 Å². The van der Waals surface area contributed by atoms with Crippen LogP contribution < -0.4 is 5.73 Å². The SMILES string of the molecule is Cc1c(-c2nc(C3CC(CN(C)C)C3)n3ncnc(N)c23)ccc2ccc(-c3ccccc3)nc12. The van der Waals surface area contributed by atoms with Gasteiger partial charge >= 0.3 is 0 Å². The summed E-state index contributed by atoms with van der Waals surface area (Å²) in [5.41, 5.74) is 13.1. The Hall–Kier alpha value is -3.84. The predicted molar refractivity (Wildman–Crippen MR) is 140 cm³/mol. The van der Waals surface area contributed by atoms with E-state index < -0.39 is 0 Å². The molecule has 6 rings (SSSR count). The summed E-state index contributed by atoms with van der Waals surface area (Å²) >= 11 is 0. The Balaban J connectivity index is 1.47. The van der Waals surface area contributed by atoms with Crippen molar-refractivity contribution in [2.24, 2.45) is 5.92 Å². The Kier molecular flexibility index (Phi) is 5.22. The van der Waals surface area contributed by atoms with Gasteiger partial charge in [0.05, 0.1) is 11.2 Å². The van der Waals surface area contributed by atoms with Gasteiger partial charge < -0.3 is 10.6 Å². The van der Waals surface area contributed by atoms with Crippen LogP contribution in [0.15, 0.2) is 60.9 Å². The van der Waals surface area contributed by atoms with Crippen LogP contribution in [0.2, 0.25) is 0 Å². The zero-order valence-corrected chi connectivity index (χ0v) is 20.3. The average Bonchev–Trinajstić information content (AvgIpc) is 3.22. The van der Waals surface area contributed by atoms with E-state index in [4.69, 9.17) is 15.7 Å². The van der Waals surface area contributed by atoms with E-state index in [0.717, 1.165) is 69.7 Å². The number of pyridine rings is 1. The van der Waals surface area contributed by atoms with Gasteiger partial charge in [0.15, 0.2) is 5.82 Å². The van der Waals surface area contributed by atoms with Crippen LogP contribution in [-0.4, -0.2) is 50.1 Å². The number of aromatic nitrogens is 5. The number of anilines is 1. The minimum absolute atomic E-state index is 0.374. The summed E-state index contributed by atoms with van der Waals surface area (Å²) < 4.78 is 1.91. The third kappa shape index (κ3) is 3.72. The van der Waals surface area contributed by atoms with E-state index in [-0.39, 0.29) is 0 Å². The fourth-order valence-electron chi connectivity index (χ4n) is 5.40. The van der Waals surface area contributed by atoms with Crippen LogP contribution >= 0.6 is 0 Å². The number of imidazole rings is 1. The molecule has 0 aliphatic heterocycles. The lowest BCUT2D eigenvalue weighted by atomic mass is 9.74. The van der Waals surface area contributed by atoms with Crippen molar-refractivity contribution in [1.29, 1.82) is 0 Å². The number of hydrogen-bond acceptors (Lipinski definition) is 6. The first kappa shape index (κ1) is 21.7. The molecule has 0 atom stereocenters. The van der Waals surface area contributed by atoms with Gasteiger partial charge in [-0.3, -0.25) is 0 Å². The first-order chi connectivity index (χ1) is 17.0. The lowest BCUT2D eigenvalue weighted by Crippen LogP contribution is -2.32. The largest absolute Gasteiger partial charge is 0.382 e. The Morgan fingerprint density at radius 3 is 2.54 bits per heavy atom. The summed E-state index contributed by atoms with van der Waals surface area (Å²) in [6.45, 7) is 3.21. The molecule has 1 aliphatic carbocycles. The lowest BCUT2D eigenvalue weighted by Gasteiger charge is -2.35. The number of nitrogen functional groups attached to an aromatic ring is 1. The van der Waals surface area contributed by atoms with Gasteiger partial charge in [0.1, 0.15) is 23.4 Å². The number of nitrogens with two attached hydrogens (primary N) is 1. The zero-order valence-electron chi connectivity index (χ0n) is 20.3. The molecule has 1 saturated carbocycles. The molecule has 0 radical (unpaired) electrons. The fourth-order valence-corrected chi connectivity index (χ4v) is 5.40. The Bertz CT molecular complexity index is 1530. The number of fused-ring (bicyclic) bond motifs is 2. The molecule has 0 spiro atoms. The maximum absolute atomic E-state index is 6.39. The molecule has 2 aromatic carbocycles. The molecular weight excluding hydrogens is 434 g/mol. The average molecular weight is 464 g/mol. The molecule has 7 nitrogen and oxygen atoms in total. The molecule has 35 heavy (non-hydrogen) atoms. The highest BCUT2D eigenvalue weighted by Crippen LogP contribution is 2.43. The summed E-state index contributed by atoms with van der Waals surface area (Å²) in [5.74, 6) is 2.49. The summed E-state index contributed by atoms with van der Waals surface area (Å²) in [6, 6.07) is 18.7. The van der Waals surface area contributed by atoms with Gasteiger partial charge in [0.2, 0.25) is 0 Å². The van der Waals surface area contributed by atoms with Crippen LogP contribution in [0.25, 0.3) is 38.9 Å². The van der Waals surface area contributed by atoms with Crippen LogP contribution in [0.5, 0.6) is 0 Å². The minimum Gasteiger partial charge on any atom is -0.382 e. The van der Waals surface area contributed by atoms with Gasteiger partial charge in [-0.1, -0.05) is 48.5 Å². The topological polar surface area (TPSA) is 85.2 Å². The van der Waals surface area contributed by atoms with Crippen molar-refractivity contribution >= 4 is 22.2 Å². The van der Waals surface area contributed by atoms with Gasteiger partial charge in [-0.2, -0.15) is 5.10 Å². The molecule has 0 amide bonds. The van der Waals surface area contributed by atoms with Crippen molar-refractivity contribution in [3.63, 3.8) is 0 Å². The number of benzene rings is 2. The summed E-state index contributed by atoms with van der Waals surface area (Å²) in [6.07, 6.45) is 3.74. The van der Waals surface area contributed by atoms with E-state index in [1.807, 2.05) is 22.7 Å². The molecule has 0 unspecified atom stereocenters. The van der Waals surface area contributed by atoms with Crippen molar-refractivity contribution in [1.82, 2.24) is 29.5 Å². The van der Waals surface area contributed by atoms with E-state index in [1.54, 1.807) is 0 Å². The van der Waals surface area contributed by atoms with E-state index in [0.29, 0.717) is 17.7 Å². The Morgan fingerprint density at radius 2 is 1.77 bits per heavy atom. The number of aryl methyl sites for hydroxylation is 1. The molecule has 7 heteroatoms. The first-order valence-electron chi connectivity index (χ1n) is 12.1. The molecule has 5 aromatic rings. The molecular formula is C28H29N7. The van der Waals surface area contributed by atoms with Crippen molar-refractivity contribution < 1.29 is 0 Å². The van der Waals surface area contributed by atoms with Gasteiger partial charge in [0.25, 0.3) is 0 Å². The van der Waals surface area contributed by atoms with Crippen molar-refractivity contribution in [3.8, 4) is 22.5 Å². The monoisotopic (exact) mass is 463 g/mol. The smallest absolute Gasteiger partial charge is 0.153 e. The van der Waals surface area contributed by atoms with Crippen LogP contribution in [0.1, 0.15) is 30.1 Å². The third-order valence-electron chi connectivity index (χ3n) is 7.15. The molecule has 3 aromatic heterocycles. The second-order valence-electron chi connectivity index (χ2n) is 9.89. The summed E-state index contributed by atoms with van der Waals surface area (Å²) in [4.78, 5) is 16.7. The predicted octanol–water partition coefficient (Wildman–Crippen LogP) is 4.95. The molecule has 1 fully saturated rings. The fraction of sp³-hybridized carbons (Fsp3) is 0.286. The number of rotatable bonds is 5. The van der Waals surface area contributed by atoms with E-state index in [2.05, 4.69) is 72.4 Å². The van der Waals surface area contributed by atoms with E-state index in [1.165, 1.54) is 6.33 Å². The molecule has 176 valence electrons. The Morgan fingerprint density at radius 1 is 1.00 bits per heavy atom. The maximum atomic E-state index is 6.39. The third-order valence-corrected chi connectivity index (χ3v) is 7.15. The van der Waals surface area contributed by atoms with Crippen molar-refractivity contribution in [2.75, 3.05) is 26.4 Å². The van der Waals surface area contributed by atoms with Gasteiger partial charge in [0, 0.05) is 29.0 Å². The van der Waals surface area contributed by atoms with Crippen LogP contribution in [0.3, 0.4) is 0 Å². The summed E-state index contributed by atoms with van der Waals surface area (Å²) in [5, 5.41) is 5.66. The Labute approximate surface area is 204 Å². The van der Waals surface area contributed by atoms with Gasteiger partial charge in [-0.05, 0) is 51.4 Å². The number of nitrogens with zero attached hydrogens (tertiary/aromatic N) is 6. The standard InChI is InChI=1S/C28H29N7/c1-17-22(11-9-20-10-12-23(32-24(17)20)19-7-5-4-6-8-19)25-26-27(29)30-16-31-35(26)28(33-25)21-13-18(14-21)15-34(2)3/h4-12,16,18,21H,13-15H2,1-3H3,(H2,29,30,31). The van der Waals surface area contributed by atoms with Crippen LogP contribution in [0, 0.1) is 12.8 Å². The highest BCUT2D eigenvalue weighted by molar-refractivity contribution is 5.94. The van der Waals surface area contributed by atoms with Crippen molar-refractivity contribution in [2.45, 2.75) is 25.7 Å². The quantitative estimate of drug-likeness (QED) is 0.397. The summed E-state index contributed by atoms with van der Waals surface area (Å²) in [7, 11) is 4.26. The normalized spacial score (nSPS) is 17.8. The minimum atomic E-state index is 0.374. The molecule has 0 bridgehead atoms. The highest BCUT2D eigenvalue weighted by Gasteiger charge is 2.35. The van der Waals surface area contributed by atoms with Gasteiger partial charge in [-0.25, -0.2) is 19.5 Å². The first-order valence-corrected chi connectivity index (χ1v) is 12.1. The highest BCUT2D eigenvalue weighted by atomic mass is 15.3. The molecule has 3 heterocycles. The zero-order chi connectivity index (χ0) is 24.1. The van der Waals surface area contributed by atoms with E-state index >= 15 is 0 Å².